The fourth-order valence-corrected chi connectivity index (χ4v) is 6.51. The van der Waals surface area contributed by atoms with Gasteiger partial charge in [0.1, 0.15) is 6.29 Å². The molecule has 0 aromatic heterocycles. The maximum atomic E-state index is 12.0. The third-order valence-corrected chi connectivity index (χ3v) is 8.14. The van der Waals surface area contributed by atoms with Crippen LogP contribution in [0.1, 0.15) is 91.9 Å². The van der Waals surface area contributed by atoms with E-state index in [0.29, 0.717) is 24.9 Å². The summed E-state index contributed by atoms with van der Waals surface area (Å²) in [5, 5.41) is 20.0. The molecule has 2 aliphatic carbocycles. The second-order valence-corrected chi connectivity index (χ2v) is 10.7. The predicted octanol–water partition coefficient (Wildman–Crippen LogP) is 4.37. The molecule has 0 bridgehead atoms. The van der Waals surface area contributed by atoms with Crippen molar-refractivity contribution in [3.05, 3.63) is 0 Å². The van der Waals surface area contributed by atoms with E-state index in [-0.39, 0.29) is 29.6 Å². The second-order valence-electron chi connectivity index (χ2n) is 10.7. The van der Waals surface area contributed by atoms with Crippen LogP contribution >= 0.6 is 0 Å². The summed E-state index contributed by atoms with van der Waals surface area (Å²) in [6.07, 6.45) is 7.69. The summed E-state index contributed by atoms with van der Waals surface area (Å²) in [6.45, 7) is 8.84. The monoisotopic (exact) mass is 424 g/mol. The van der Waals surface area contributed by atoms with Gasteiger partial charge in [-0.1, -0.05) is 27.2 Å². The number of esters is 1. The van der Waals surface area contributed by atoms with E-state index in [2.05, 4.69) is 20.8 Å². The van der Waals surface area contributed by atoms with Crippen molar-refractivity contribution in [3.8, 4) is 0 Å². The van der Waals surface area contributed by atoms with Gasteiger partial charge in [-0.05, 0) is 68.6 Å². The van der Waals surface area contributed by atoms with Gasteiger partial charge in [-0.2, -0.15) is 0 Å². The molecule has 30 heavy (non-hydrogen) atoms. The predicted molar refractivity (Wildman–Crippen MR) is 114 cm³/mol. The van der Waals surface area contributed by atoms with E-state index in [1.807, 2.05) is 6.92 Å². The third-order valence-electron chi connectivity index (χ3n) is 8.14. The zero-order valence-electron chi connectivity index (χ0n) is 19.1. The molecule has 0 aromatic carbocycles. The summed E-state index contributed by atoms with van der Waals surface area (Å²) < 4.78 is 5.54. The van der Waals surface area contributed by atoms with Gasteiger partial charge in [0.25, 0.3) is 0 Å². The molecule has 0 aromatic rings. The lowest BCUT2D eigenvalue weighted by molar-refractivity contribution is -0.188. The molecule has 6 nitrogen and oxygen atoms in total. The molecule has 6 unspecified atom stereocenters. The summed E-state index contributed by atoms with van der Waals surface area (Å²) in [5.74, 6) is -0.664. The Bertz CT molecular complexity index is 629. The van der Waals surface area contributed by atoms with Crippen LogP contribution < -0.4 is 0 Å². The fraction of sp³-hybridized carbons (Fsp3) is 0.875. The summed E-state index contributed by atoms with van der Waals surface area (Å²) in [4.78, 5) is 33.6. The van der Waals surface area contributed by atoms with Gasteiger partial charge in [-0.15, -0.1) is 0 Å². The first-order valence-electron chi connectivity index (χ1n) is 11.5. The van der Waals surface area contributed by atoms with Crippen molar-refractivity contribution in [3.63, 3.8) is 0 Å². The fourth-order valence-electron chi connectivity index (χ4n) is 6.51. The van der Waals surface area contributed by atoms with Crippen LogP contribution in [0.5, 0.6) is 0 Å². The minimum atomic E-state index is -0.996. The molecule has 6 atom stereocenters. The highest BCUT2D eigenvalue weighted by molar-refractivity contribution is 5.76. The lowest BCUT2D eigenvalue weighted by Crippen LogP contribution is -2.59. The van der Waals surface area contributed by atoms with Crippen molar-refractivity contribution in [1.82, 2.24) is 0 Å². The van der Waals surface area contributed by atoms with Crippen molar-refractivity contribution in [1.29, 1.82) is 0 Å². The smallest absolute Gasteiger partial charge is 0.306 e. The van der Waals surface area contributed by atoms with Crippen LogP contribution in [0.2, 0.25) is 0 Å². The molecular formula is C24H40O6. The number of carbonyl (C=O) groups excluding carboxylic acids is 2. The molecule has 0 amide bonds. The average Bonchev–Trinajstić information content (AvgIpc) is 2.63. The van der Waals surface area contributed by atoms with Gasteiger partial charge in [0.05, 0.1) is 25.0 Å². The standard InChI is InChI=1S/C24H40O6/c1-17(11-15-25)6-7-19-23(3)13-5-12-22(2,18(23)10-14-24(19,4)29)16-30-21(28)9-8-20(26)27/h15,17-19,29H,5-14,16H2,1-4H3,(H,26,27). The molecule has 2 rings (SSSR count). The molecule has 2 aliphatic rings. The normalized spacial score (nSPS) is 37.1. The van der Waals surface area contributed by atoms with E-state index in [4.69, 9.17) is 9.84 Å². The van der Waals surface area contributed by atoms with E-state index in [1.165, 1.54) is 0 Å². The molecule has 2 N–H and O–H groups in total. The Balaban J connectivity index is 2.14. The van der Waals surface area contributed by atoms with Crippen LogP contribution in [-0.4, -0.2) is 40.6 Å². The maximum absolute atomic E-state index is 12.0. The molecule has 0 radical (unpaired) electrons. The van der Waals surface area contributed by atoms with Gasteiger partial charge in [0.15, 0.2) is 0 Å². The van der Waals surface area contributed by atoms with Crippen LogP contribution in [-0.2, 0) is 19.1 Å². The van der Waals surface area contributed by atoms with Gasteiger partial charge in [0, 0.05) is 11.8 Å². The Morgan fingerprint density at radius 3 is 2.50 bits per heavy atom. The van der Waals surface area contributed by atoms with Crippen molar-refractivity contribution < 1.29 is 29.3 Å². The minimum absolute atomic E-state index is 0.0525. The number of aliphatic carboxylic acids is 1. The number of carboxylic acids is 1. The first kappa shape index (κ1) is 24.8. The highest BCUT2D eigenvalue weighted by atomic mass is 16.5. The Labute approximate surface area is 180 Å². The van der Waals surface area contributed by atoms with Gasteiger partial charge in [0.2, 0.25) is 0 Å². The maximum Gasteiger partial charge on any atom is 0.306 e. The molecular weight excluding hydrogens is 384 g/mol. The molecule has 2 saturated carbocycles. The number of rotatable bonds is 10. The van der Waals surface area contributed by atoms with Crippen molar-refractivity contribution in [2.24, 2.45) is 28.6 Å². The average molecular weight is 425 g/mol. The molecule has 0 aliphatic heterocycles. The minimum Gasteiger partial charge on any atom is -0.481 e. The highest BCUT2D eigenvalue weighted by Gasteiger charge is 2.59. The number of aliphatic hydroxyl groups is 1. The summed E-state index contributed by atoms with van der Waals surface area (Å²) in [7, 11) is 0. The van der Waals surface area contributed by atoms with Crippen LogP contribution in [0.25, 0.3) is 0 Å². The van der Waals surface area contributed by atoms with Crippen molar-refractivity contribution in [2.75, 3.05) is 6.61 Å². The molecule has 0 spiro atoms. The van der Waals surface area contributed by atoms with Crippen LogP contribution in [0.3, 0.4) is 0 Å². The van der Waals surface area contributed by atoms with Gasteiger partial charge in [-0.25, -0.2) is 0 Å². The van der Waals surface area contributed by atoms with Gasteiger partial charge in [-0.3, -0.25) is 9.59 Å². The number of fused-ring (bicyclic) bond motifs is 1. The van der Waals surface area contributed by atoms with Crippen LogP contribution in [0.15, 0.2) is 0 Å². The van der Waals surface area contributed by atoms with Gasteiger partial charge >= 0.3 is 11.9 Å². The van der Waals surface area contributed by atoms with Crippen molar-refractivity contribution in [2.45, 2.75) is 97.5 Å². The second kappa shape index (κ2) is 9.80. The summed E-state index contributed by atoms with van der Waals surface area (Å²) in [5.41, 5.74) is -0.958. The summed E-state index contributed by atoms with van der Waals surface area (Å²) in [6, 6.07) is 0. The van der Waals surface area contributed by atoms with E-state index in [0.717, 1.165) is 51.2 Å². The van der Waals surface area contributed by atoms with Gasteiger partial charge < -0.3 is 19.7 Å². The number of hydrogen-bond donors (Lipinski definition) is 2. The number of hydrogen-bond acceptors (Lipinski definition) is 5. The number of aldehydes is 1. The van der Waals surface area contributed by atoms with E-state index in [9.17, 15) is 19.5 Å². The quantitative estimate of drug-likeness (QED) is 0.399. The Kier molecular flexibility index (Phi) is 8.11. The van der Waals surface area contributed by atoms with E-state index in [1.54, 1.807) is 0 Å². The lowest BCUT2D eigenvalue weighted by Gasteiger charge is -2.61. The Hall–Kier alpha value is -1.43. The van der Waals surface area contributed by atoms with E-state index >= 15 is 0 Å². The zero-order chi connectivity index (χ0) is 22.6. The first-order valence-corrected chi connectivity index (χ1v) is 11.5. The largest absolute Gasteiger partial charge is 0.481 e. The highest BCUT2D eigenvalue weighted by Crippen LogP contribution is 2.63. The summed E-state index contributed by atoms with van der Waals surface area (Å²) >= 11 is 0. The zero-order valence-corrected chi connectivity index (χ0v) is 19.1. The molecule has 6 heteroatoms. The Morgan fingerprint density at radius 1 is 1.17 bits per heavy atom. The van der Waals surface area contributed by atoms with Crippen molar-refractivity contribution >= 4 is 18.2 Å². The molecule has 0 heterocycles. The topological polar surface area (TPSA) is 101 Å². The first-order chi connectivity index (χ1) is 13.9. The third kappa shape index (κ3) is 5.63. The number of carboxylic acid groups (broad SMARTS) is 1. The molecule has 172 valence electrons. The Morgan fingerprint density at radius 2 is 1.87 bits per heavy atom. The van der Waals surface area contributed by atoms with Crippen LogP contribution in [0.4, 0.5) is 0 Å². The molecule has 2 fully saturated rings. The number of carbonyl (C=O) groups is 3. The van der Waals surface area contributed by atoms with Crippen LogP contribution in [0, 0.1) is 28.6 Å². The SMILES string of the molecule is CC(CC=O)CCC1C(C)(O)CCC2C(C)(COC(=O)CCC(=O)O)CCCC12C. The lowest BCUT2D eigenvalue weighted by atomic mass is 9.45. The number of ether oxygens (including phenoxy) is 1. The molecule has 0 saturated heterocycles. The van der Waals surface area contributed by atoms with E-state index < -0.39 is 17.5 Å².